The minimum absolute atomic E-state index is 0.417. The fourth-order valence-electron chi connectivity index (χ4n) is 6.13. The van der Waals surface area contributed by atoms with Crippen LogP contribution in [0.3, 0.4) is 0 Å². The van der Waals surface area contributed by atoms with Gasteiger partial charge in [0.15, 0.2) is 0 Å². The van der Waals surface area contributed by atoms with Crippen molar-refractivity contribution >= 4 is 56.1 Å². The normalized spacial score (nSPS) is 16.2. The van der Waals surface area contributed by atoms with Gasteiger partial charge >= 0.3 is 7.12 Å². The molecule has 5 aromatic carbocycles. The molecule has 3 heterocycles. The van der Waals surface area contributed by atoms with Crippen LogP contribution in [0.1, 0.15) is 27.7 Å². The molecule has 1 aliphatic heterocycles. The second-order valence-corrected chi connectivity index (χ2v) is 12.1. The maximum Gasteiger partial charge on any atom is 0.494 e. The Morgan fingerprint density at radius 2 is 1.29 bits per heavy atom. The van der Waals surface area contributed by atoms with E-state index in [0.717, 1.165) is 44.0 Å². The van der Waals surface area contributed by atoms with E-state index >= 15 is 0 Å². The summed E-state index contributed by atoms with van der Waals surface area (Å²) in [6.45, 7) is 8.36. The van der Waals surface area contributed by atoms with Gasteiger partial charge < -0.3 is 9.31 Å². The number of hydrogen-bond acceptors (Lipinski definition) is 4. The first-order valence-corrected chi connectivity index (χ1v) is 14.4. The van der Waals surface area contributed by atoms with E-state index in [1.807, 2.05) is 18.2 Å². The van der Waals surface area contributed by atoms with Crippen molar-refractivity contribution in [1.29, 1.82) is 0 Å². The lowest BCUT2D eigenvalue weighted by Gasteiger charge is -2.32. The van der Waals surface area contributed by atoms with Crippen LogP contribution >= 0.6 is 0 Å². The van der Waals surface area contributed by atoms with Crippen LogP contribution in [0.25, 0.3) is 60.7 Å². The average molecular weight is 547 g/mol. The molecule has 8 rings (SSSR count). The Morgan fingerprint density at radius 3 is 2.07 bits per heavy atom. The molecule has 0 saturated carbocycles. The van der Waals surface area contributed by atoms with Crippen LogP contribution in [0.2, 0.25) is 0 Å². The summed E-state index contributed by atoms with van der Waals surface area (Å²) in [6.07, 6.45) is 0. The molecule has 204 valence electrons. The summed E-state index contributed by atoms with van der Waals surface area (Å²) < 4.78 is 15.1. The molecule has 42 heavy (non-hydrogen) atoms. The molecule has 1 aliphatic rings. The van der Waals surface area contributed by atoms with Gasteiger partial charge in [0.1, 0.15) is 0 Å². The van der Waals surface area contributed by atoms with E-state index in [4.69, 9.17) is 19.3 Å². The summed E-state index contributed by atoms with van der Waals surface area (Å²) in [5, 5.41) is 5.69. The SMILES string of the molecule is CC1(C)OB(c2ccc3c(c2)c2c4ccccc4ccc2n3-c2nc(-c3ccccc3)c3ccccc3n2)OC1(C)C. The molecular formula is C36H30BN3O2. The summed E-state index contributed by atoms with van der Waals surface area (Å²) in [5.41, 5.74) is 5.15. The Morgan fingerprint density at radius 1 is 0.619 bits per heavy atom. The molecule has 0 amide bonds. The molecule has 5 nitrogen and oxygen atoms in total. The largest absolute Gasteiger partial charge is 0.494 e. The maximum atomic E-state index is 6.45. The summed E-state index contributed by atoms with van der Waals surface area (Å²) in [4.78, 5) is 10.4. The van der Waals surface area contributed by atoms with Gasteiger partial charge in [-0.3, -0.25) is 4.57 Å². The van der Waals surface area contributed by atoms with E-state index in [1.54, 1.807) is 0 Å². The van der Waals surface area contributed by atoms with Crippen LogP contribution in [0, 0.1) is 0 Å². The third kappa shape index (κ3) is 3.72. The molecule has 7 aromatic rings. The summed E-state index contributed by atoms with van der Waals surface area (Å²) in [7, 11) is -0.450. The molecule has 6 heteroatoms. The summed E-state index contributed by atoms with van der Waals surface area (Å²) in [5.74, 6) is 0.645. The minimum Gasteiger partial charge on any atom is -0.399 e. The van der Waals surface area contributed by atoms with Crippen molar-refractivity contribution in [1.82, 2.24) is 14.5 Å². The molecular weight excluding hydrogens is 517 g/mol. The van der Waals surface area contributed by atoms with Crippen molar-refractivity contribution in [3.05, 3.63) is 109 Å². The second kappa shape index (κ2) is 8.99. The zero-order valence-electron chi connectivity index (χ0n) is 24.1. The number of nitrogens with zero attached hydrogens (tertiary/aromatic N) is 3. The Hall–Kier alpha value is -4.52. The van der Waals surface area contributed by atoms with Crippen molar-refractivity contribution in [2.75, 3.05) is 0 Å². The lowest BCUT2D eigenvalue weighted by atomic mass is 9.78. The molecule has 0 spiro atoms. The van der Waals surface area contributed by atoms with Gasteiger partial charge in [-0.1, -0.05) is 91.0 Å². The summed E-state index contributed by atoms with van der Waals surface area (Å²) >= 11 is 0. The molecule has 1 fully saturated rings. The van der Waals surface area contributed by atoms with Gasteiger partial charge in [-0.25, -0.2) is 9.97 Å². The molecule has 1 saturated heterocycles. The van der Waals surface area contributed by atoms with Gasteiger partial charge in [-0.05, 0) is 62.1 Å². The quantitative estimate of drug-likeness (QED) is 0.212. The van der Waals surface area contributed by atoms with Crippen molar-refractivity contribution in [2.24, 2.45) is 0 Å². The molecule has 0 atom stereocenters. The first kappa shape index (κ1) is 25.2. The van der Waals surface area contributed by atoms with E-state index in [2.05, 4.69) is 123 Å². The van der Waals surface area contributed by atoms with Crippen LogP contribution in [0.5, 0.6) is 0 Å². The molecule has 0 N–H and O–H groups in total. The van der Waals surface area contributed by atoms with Crippen molar-refractivity contribution in [3.8, 4) is 17.2 Å². The fourth-order valence-corrected chi connectivity index (χ4v) is 6.13. The van der Waals surface area contributed by atoms with Crippen LogP contribution in [0.4, 0.5) is 0 Å². The zero-order chi connectivity index (χ0) is 28.6. The Balaban J connectivity index is 1.43. The fraction of sp³-hybridized carbons (Fsp3) is 0.167. The predicted molar refractivity (Wildman–Crippen MR) is 173 cm³/mol. The van der Waals surface area contributed by atoms with Crippen LogP contribution in [-0.2, 0) is 9.31 Å². The molecule has 0 unspecified atom stereocenters. The second-order valence-electron chi connectivity index (χ2n) is 12.1. The highest BCUT2D eigenvalue weighted by atomic mass is 16.7. The molecule has 2 aromatic heterocycles. The van der Waals surface area contributed by atoms with Gasteiger partial charge in [0.25, 0.3) is 0 Å². The number of benzene rings is 5. The molecule has 0 aliphatic carbocycles. The van der Waals surface area contributed by atoms with Crippen LogP contribution in [0.15, 0.2) is 109 Å². The van der Waals surface area contributed by atoms with Crippen LogP contribution < -0.4 is 5.46 Å². The van der Waals surface area contributed by atoms with Gasteiger partial charge in [0.2, 0.25) is 5.95 Å². The van der Waals surface area contributed by atoms with E-state index in [-0.39, 0.29) is 0 Å². The van der Waals surface area contributed by atoms with E-state index in [0.29, 0.717) is 5.95 Å². The number of hydrogen-bond donors (Lipinski definition) is 0. The third-order valence-electron chi connectivity index (χ3n) is 9.04. The minimum atomic E-state index is -0.450. The first-order chi connectivity index (χ1) is 20.3. The number of para-hydroxylation sites is 1. The lowest BCUT2D eigenvalue weighted by Crippen LogP contribution is -2.41. The summed E-state index contributed by atoms with van der Waals surface area (Å²) in [6, 6.07) is 38.0. The Labute approximate surface area is 244 Å². The average Bonchev–Trinajstić information content (AvgIpc) is 3.45. The standard InChI is InChI=1S/C36H30BN3O2/c1-35(2)36(3,4)42-37(41-35)25-19-21-30-28(22-25)32-26-15-9-8-12-23(26)18-20-31(32)40(30)34-38-29-17-11-10-16-27(29)33(39-34)24-13-6-5-7-14-24/h5-22H,1-4H3. The van der Waals surface area contributed by atoms with Gasteiger partial charge in [0.05, 0.1) is 33.4 Å². The van der Waals surface area contributed by atoms with Gasteiger partial charge in [-0.2, -0.15) is 0 Å². The van der Waals surface area contributed by atoms with Gasteiger partial charge in [0, 0.05) is 21.7 Å². The maximum absolute atomic E-state index is 6.45. The molecule has 0 radical (unpaired) electrons. The van der Waals surface area contributed by atoms with Gasteiger partial charge in [-0.15, -0.1) is 0 Å². The lowest BCUT2D eigenvalue weighted by molar-refractivity contribution is 0.00578. The number of rotatable bonds is 3. The monoisotopic (exact) mass is 547 g/mol. The van der Waals surface area contributed by atoms with Crippen molar-refractivity contribution in [2.45, 2.75) is 38.9 Å². The van der Waals surface area contributed by atoms with Crippen LogP contribution in [-0.4, -0.2) is 32.9 Å². The number of aromatic nitrogens is 3. The van der Waals surface area contributed by atoms with Crippen molar-refractivity contribution in [3.63, 3.8) is 0 Å². The number of fused-ring (bicyclic) bond motifs is 6. The third-order valence-corrected chi connectivity index (χ3v) is 9.04. The van der Waals surface area contributed by atoms with Crippen molar-refractivity contribution < 1.29 is 9.31 Å². The highest BCUT2D eigenvalue weighted by Gasteiger charge is 2.51. The zero-order valence-corrected chi connectivity index (χ0v) is 24.1. The van der Waals surface area contributed by atoms with E-state index in [1.165, 1.54) is 16.2 Å². The van der Waals surface area contributed by atoms with E-state index < -0.39 is 18.3 Å². The predicted octanol–water partition coefficient (Wildman–Crippen LogP) is 7.85. The topological polar surface area (TPSA) is 49.2 Å². The Kier molecular flexibility index (Phi) is 5.40. The first-order valence-electron chi connectivity index (χ1n) is 14.4. The Bertz CT molecular complexity index is 2150. The highest BCUT2D eigenvalue weighted by molar-refractivity contribution is 6.62. The highest BCUT2D eigenvalue weighted by Crippen LogP contribution is 2.39. The van der Waals surface area contributed by atoms with E-state index in [9.17, 15) is 0 Å². The smallest absolute Gasteiger partial charge is 0.399 e. The molecule has 0 bridgehead atoms.